The lowest BCUT2D eigenvalue weighted by Crippen LogP contribution is -2.38. The van der Waals surface area contributed by atoms with Gasteiger partial charge in [-0.15, -0.1) is 6.58 Å². The first-order chi connectivity index (χ1) is 8.16. The van der Waals surface area contributed by atoms with Gasteiger partial charge in [0.25, 0.3) is 0 Å². The topological polar surface area (TPSA) is 66.4 Å². The lowest BCUT2D eigenvalue weighted by atomic mass is 9.82. The summed E-state index contributed by atoms with van der Waals surface area (Å²) in [7, 11) is 0. The van der Waals surface area contributed by atoms with E-state index in [2.05, 4.69) is 11.9 Å². The third kappa shape index (κ3) is 4.85. The summed E-state index contributed by atoms with van der Waals surface area (Å²) in [5.74, 6) is -2.16. The highest BCUT2D eigenvalue weighted by molar-refractivity contribution is 5.85. The van der Waals surface area contributed by atoms with E-state index in [1.807, 2.05) is 26.0 Å². The number of carbonyl (C=O) groups excluding carboxylic acids is 1. The minimum atomic E-state index is -0.905. The van der Waals surface area contributed by atoms with Crippen molar-refractivity contribution < 1.29 is 14.7 Å². The Morgan fingerprint density at radius 1 is 1.35 bits per heavy atom. The van der Waals surface area contributed by atoms with E-state index in [0.717, 1.165) is 0 Å². The van der Waals surface area contributed by atoms with Crippen LogP contribution in [0.2, 0.25) is 0 Å². The second-order valence-corrected chi connectivity index (χ2v) is 3.53. The van der Waals surface area contributed by atoms with Crippen molar-refractivity contribution in [2.75, 3.05) is 6.54 Å². The van der Waals surface area contributed by atoms with Crippen LogP contribution >= 0.6 is 0 Å². The molecular weight excluding hydrogens is 218 g/mol. The van der Waals surface area contributed by atoms with Crippen LogP contribution in [0.15, 0.2) is 24.8 Å². The molecule has 0 aromatic carbocycles. The summed E-state index contributed by atoms with van der Waals surface area (Å²) in [5.41, 5.74) is 0. The Morgan fingerprint density at radius 3 is 2.35 bits per heavy atom. The molecule has 17 heavy (non-hydrogen) atoms. The number of rotatable bonds is 4. The Kier molecular flexibility index (Phi) is 7.76. The summed E-state index contributed by atoms with van der Waals surface area (Å²) in [6, 6.07) is 0. The normalized spacial score (nSPS) is 22.0. The first-order valence-electron chi connectivity index (χ1n) is 5.93. The highest BCUT2D eigenvalue weighted by atomic mass is 16.4. The molecular formula is C13H21NO3. The van der Waals surface area contributed by atoms with Gasteiger partial charge in [0.1, 0.15) is 0 Å². The Hall–Kier alpha value is -1.58. The highest BCUT2D eigenvalue weighted by Crippen LogP contribution is 2.25. The lowest BCUT2D eigenvalue weighted by molar-refractivity contribution is -0.147. The molecule has 0 saturated carbocycles. The van der Waals surface area contributed by atoms with Crippen LogP contribution in [0.1, 0.15) is 26.7 Å². The van der Waals surface area contributed by atoms with Gasteiger partial charge in [0.05, 0.1) is 11.8 Å². The number of amides is 1. The van der Waals surface area contributed by atoms with Gasteiger partial charge in [-0.3, -0.25) is 9.59 Å². The van der Waals surface area contributed by atoms with E-state index in [0.29, 0.717) is 19.4 Å². The number of allylic oxidation sites excluding steroid dienone is 2. The third-order valence-electron chi connectivity index (χ3n) is 2.51. The smallest absolute Gasteiger partial charge is 0.307 e. The summed E-state index contributed by atoms with van der Waals surface area (Å²) in [6.07, 6.45) is 6.18. The van der Waals surface area contributed by atoms with Gasteiger partial charge in [-0.25, -0.2) is 0 Å². The van der Waals surface area contributed by atoms with E-state index in [4.69, 9.17) is 5.11 Å². The lowest BCUT2D eigenvalue weighted by Gasteiger charge is -2.23. The number of carboxylic acid groups (broad SMARTS) is 1. The van der Waals surface area contributed by atoms with Crippen LogP contribution in [-0.4, -0.2) is 23.5 Å². The maximum atomic E-state index is 11.6. The van der Waals surface area contributed by atoms with Gasteiger partial charge in [-0.2, -0.15) is 0 Å². The number of hydrogen-bond acceptors (Lipinski definition) is 2. The van der Waals surface area contributed by atoms with Gasteiger partial charge in [0.15, 0.2) is 0 Å². The van der Waals surface area contributed by atoms with Gasteiger partial charge in [-0.1, -0.05) is 32.1 Å². The van der Waals surface area contributed by atoms with Crippen molar-refractivity contribution in [2.24, 2.45) is 11.8 Å². The largest absolute Gasteiger partial charge is 0.481 e. The maximum absolute atomic E-state index is 11.6. The highest BCUT2D eigenvalue weighted by Gasteiger charge is 2.33. The maximum Gasteiger partial charge on any atom is 0.307 e. The fourth-order valence-electron chi connectivity index (χ4n) is 1.68. The molecule has 2 N–H and O–H groups in total. The molecule has 2 unspecified atom stereocenters. The van der Waals surface area contributed by atoms with E-state index >= 15 is 0 Å². The minimum Gasteiger partial charge on any atom is -0.481 e. The predicted octanol–water partition coefficient (Wildman–Crippen LogP) is 1.98. The quantitative estimate of drug-likeness (QED) is 0.737. The van der Waals surface area contributed by atoms with Crippen molar-refractivity contribution in [3.63, 3.8) is 0 Å². The van der Waals surface area contributed by atoms with Gasteiger partial charge < -0.3 is 10.4 Å². The SMILES string of the molecule is C=CCNC(=O)C1CC=CCC1C(=O)O.CC. The molecule has 0 bridgehead atoms. The van der Waals surface area contributed by atoms with Crippen LogP contribution < -0.4 is 5.32 Å². The molecule has 0 aromatic heterocycles. The van der Waals surface area contributed by atoms with E-state index < -0.39 is 17.8 Å². The van der Waals surface area contributed by atoms with Crippen LogP contribution in [0, 0.1) is 11.8 Å². The van der Waals surface area contributed by atoms with Crippen LogP contribution in [0.4, 0.5) is 0 Å². The zero-order valence-electron chi connectivity index (χ0n) is 10.5. The zero-order valence-corrected chi connectivity index (χ0v) is 10.5. The van der Waals surface area contributed by atoms with E-state index in [9.17, 15) is 9.59 Å². The molecule has 0 radical (unpaired) electrons. The molecule has 96 valence electrons. The average molecular weight is 239 g/mol. The Bertz CT molecular complexity index is 297. The van der Waals surface area contributed by atoms with Gasteiger partial charge >= 0.3 is 5.97 Å². The summed E-state index contributed by atoms with van der Waals surface area (Å²) in [5, 5.41) is 11.6. The van der Waals surface area contributed by atoms with E-state index in [1.54, 1.807) is 6.08 Å². The van der Waals surface area contributed by atoms with Crippen LogP contribution in [0.25, 0.3) is 0 Å². The standard InChI is InChI=1S/C11H15NO3.C2H6/c1-2-7-12-10(13)8-5-3-4-6-9(8)11(14)15;1-2/h2-4,8-9H,1,5-7H2,(H,12,13)(H,14,15);1-2H3. The second-order valence-electron chi connectivity index (χ2n) is 3.53. The Labute approximate surface area is 102 Å². The van der Waals surface area contributed by atoms with Gasteiger partial charge in [0, 0.05) is 6.54 Å². The summed E-state index contributed by atoms with van der Waals surface area (Å²) in [4.78, 5) is 22.5. The summed E-state index contributed by atoms with van der Waals surface area (Å²) >= 11 is 0. The first-order valence-corrected chi connectivity index (χ1v) is 5.93. The first kappa shape index (κ1) is 15.4. The van der Waals surface area contributed by atoms with Crippen LogP contribution in [0.5, 0.6) is 0 Å². The number of carboxylic acids is 1. The molecule has 1 amide bonds. The Morgan fingerprint density at radius 2 is 1.88 bits per heavy atom. The van der Waals surface area contributed by atoms with Crippen molar-refractivity contribution in [1.29, 1.82) is 0 Å². The van der Waals surface area contributed by atoms with Crippen molar-refractivity contribution in [2.45, 2.75) is 26.7 Å². The van der Waals surface area contributed by atoms with Crippen molar-refractivity contribution >= 4 is 11.9 Å². The molecule has 0 heterocycles. The third-order valence-corrected chi connectivity index (χ3v) is 2.51. The minimum absolute atomic E-state index is 0.202. The predicted molar refractivity (Wildman–Crippen MR) is 67.5 cm³/mol. The zero-order chi connectivity index (χ0) is 13.3. The molecule has 0 aromatic rings. The van der Waals surface area contributed by atoms with Gasteiger partial charge in [0.2, 0.25) is 5.91 Å². The van der Waals surface area contributed by atoms with Crippen LogP contribution in [-0.2, 0) is 9.59 Å². The fourth-order valence-corrected chi connectivity index (χ4v) is 1.68. The number of aliphatic carboxylic acids is 1. The molecule has 2 atom stereocenters. The molecule has 4 nitrogen and oxygen atoms in total. The number of hydrogen-bond donors (Lipinski definition) is 2. The summed E-state index contributed by atoms with van der Waals surface area (Å²) < 4.78 is 0. The second kappa shape index (κ2) is 8.56. The van der Waals surface area contributed by atoms with Crippen molar-refractivity contribution in [3.05, 3.63) is 24.8 Å². The molecule has 1 rings (SSSR count). The molecule has 0 fully saturated rings. The molecule has 1 aliphatic carbocycles. The number of nitrogens with one attached hydrogen (secondary N) is 1. The van der Waals surface area contributed by atoms with Crippen LogP contribution in [0.3, 0.4) is 0 Å². The van der Waals surface area contributed by atoms with Gasteiger partial charge in [-0.05, 0) is 12.8 Å². The molecule has 4 heteroatoms. The average Bonchev–Trinajstić information content (AvgIpc) is 2.38. The molecule has 0 aliphatic heterocycles. The van der Waals surface area contributed by atoms with Crippen molar-refractivity contribution in [3.8, 4) is 0 Å². The Balaban J connectivity index is 0.00000121. The molecule has 0 saturated heterocycles. The molecule has 0 spiro atoms. The van der Waals surface area contributed by atoms with Crippen molar-refractivity contribution in [1.82, 2.24) is 5.32 Å². The summed E-state index contributed by atoms with van der Waals surface area (Å²) in [6.45, 7) is 7.87. The fraction of sp³-hybridized carbons (Fsp3) is 0.538. The van der Waals surface area contributed by atoms with E-state index in [-0.39, 0.29) is 5.91 Å². The number of carbonyl (C=O) groups is 2. The monoisotopic (exact) mass is 239 g/mol. The van der Waals surface area contributed by atoms with E-state index in [1.165, 1.54) is 0 Å². The molecule has 1 aliphatic rings.